The summed E-state index contributed by atoms with van der Waals surface area (Å²) >= 11 is 0. The van der Waals surface area contributed by atoms with E-state index in [0.717, 1.165) is 12.8 Å². The lowest BCUT2D eigenvalue weighted by atomic mass is 10.1. The van der Waals surface area contributed by atoms with Gasteiger partial charge in [0.25, 0.3) is 5.91 Å². The van der Waals surface area contributed by atoms with Gasteiger partial charge < -0.3 is 15.8 Å². The molecule has 0 unspecified atom stereocenters. The molecule has 0 bridgehead atoms. The zero-order valence-corrected chi connectivity index (χ0v) is 9.77. The van der Waals surface area contributed by atoms with Crippen LogP contribution in [-0.2, 0) is 0 Å². The molecule has 90 valence electrons. The smallest absolute Gasteiger partial charge is 0.255 e. The van der Waals surface area contributed by atoms with Crippen molar-refractivity contribution in [1.82, 2.24) is 5.32 Å². The van der Waals surface area contributed by atoms with Crippen molar-refractivity contribution < 1.29 is 9.53 Å². The molecule has 0 saturated heterocycles. The average molecular weight is 232 g/mol. The Morgan fingerprint density at radius 1 is 1.41 bits per heavy atom. The van der Waals surface area contributed by atoms with Crippen LogP contribution in [0, 0.1) is 0 Å². The number of rotatable bonds is 3. The molecule has 1 aromatic carbocycles. The SMILES string of the molecule is COc1ccc(N)cc1C(=O)NC1CC=CC1. The fourth-order valence-electron chi connectivity index (χ4n) is 1.90. The molecule has 0 atom stereocenters. The first-order valence-electron chi connectivity index (χ1n) is 5.60. The lowest BCUT2D eigenvalue weighted by Crippen LogP contribution is -2.33. The molecule has 1 aromatic rings. The van der Waals surface area contributed by atoms with Crippen molar-refractivity contribution in [3.63, 3.8) is 0 Å². The van der Waals surface area contributed by atoms with Crippen molar-refractivity contribution in [2.24, 2.45) is 0 Å². The van der Waals surface area contributed by atoms with Crippen LogP contribution < -0.4 is 15.8 Å². The van der Waals surface area contributed by atoms with Crippen LogP contribution in [0.3, 0.4) is 0 Å². The number of methoxy groups -OCH3 is 1. The van der Waals surface area contributed by atoms with Gasteiger partial charge in [-0.1, -0.05) is 12.2 Å². The number of benzene rings is 1. The maximum Gasteiger partial charge on any atom is 0.255 e. The lowest BCUT2D eigenvalue weighted by molar-refractivity contribution is 0.0936. The Morgan fingerprint density at radius 2 is 2.12 bits per heavy atom. The quantitative estimate of drug-likeness (QED) is 0.616. The highest BCUT2D eigenvalue weighted by atomic mass is 16.5. The van der Waals surface area contributed by atoms with Crippen LogP contribution in [0.4, 0.5) is 5.69 Å². The maximum absolute atomic E-state index is 12.1. The second-order valence-corrected chi connectivity index (χ2v) is 4.07. The van der Waals surface area contributed by atoms with Crippen molar-refractivity contribution in [3.8, 4) is 5.75 Å². The molecular formula is C13H16N2O2. The number of ether oxygens (including phenoxy) is 1. The summed E-state index contributed by atoms with van der Waals surface area (Å²) in [6.45, 7) is 0. The molecule has 0 aromatic heterocycles. The van der Waals surface area contributed by atoms with Crippen LogP contribution >= 0.6 is 0 Å². The molecule has 1 aliphatic carbocycles. The van der Waals surface area contributed by atoms with Crippen LogP contribution in [0.2, 0.25) is 0 Å². The van der Waals surface area contributed by atoms with Crippen molar-refractivity contribution >= 4 is 11.6 Å². The van der Waals surface area contributed by atoms with E-state index in [1.165, 1.54) is 0 Å². The minimum Gasteiger partial charge on any atom is -0.496 e. The van der Waals surface area contributed by atoms with E-state index in [9.17, 15) is 4.79 Å². The summed E-state index contributed by atoms with van der Waals surface area (Å²) in [6, 6.07) is 5.24. The third-order valence-electron chi connectivity index (χ3n) is 2.81. The maximum atomic E-state index is 12.1. The zero-order valence-electron chi connectivity index (χ0n) is 9.77. The third kappa shape index (κ3) is 2.58. The summed E-state index contributed by atoms with van der Waals surface area (Å²) in [7, 11) is 1.54. The van der Waals surface area contributed by atoms with Crippen LogP contribution in [0.25, 0.3) is 0 Å². The predicted octanol–water partition coefficient (Wildman–Crippen LogP) is 1.73. The second kappa shape index (κ2) is 4.91. The third-order valence-corrected chi connectivity index (χ3v) is 2.81. The fraction of sp³-hybridized carbons (Fsp3) is 0.308. The first-order chi connectivity index (χ1) is 8.20. The highest BCUT2D eigenvalue weighted by molar-refractivity contribution is 5.98. The molecule has 0 saturated carbocycles. The summed E-state index contributed by atoms with van der Waals surface area (Å²) < 4.78 is 5.15. The molecule has 17 heavy (non-hydrogen) atoms. The molecule has 0 radical (unpaired) electrons. The standard InChI is InChI=1S/C13H16N2O2/c1-17-12-7-6-9(14)8-11(12)13(16)15-10-4-2-3-5-10/h2-3,6-8,10H,4-5,14H2,1H3,(H,15,16). The number of amides is 1. The second-order valence-electron chi connectivity index (χ2n) is 4.07. The minimum absolute atomic E-state index is 0.136. The van der Waals surface area contributed by atoms with E-state index in [4.69, 9.17) is 10.5 Å². The number of carbonyl (C=O) groups excluding carboxylic acids is 1. The summed E-state index contributed by atoms with van der Waals surface area (Å²) in [6.07, 6.45) is 5.91. The molecule has 1 aliphatic rings. The normalized spacial score (nSPS) is 14.9. The Labute approximate surface area is 100 Å². The summed E-state index contributed by atoms with van der Waals surface area (Å²) in [5, 5.41) is 2.96. The van der Waals surface area contributed by atoms with E-state index in [1.807, 2.05) is 0 Å². The van der Waals surface area contributed by atoms with Gasteiger partial charge >= 0.3 is 0 Å². The van der Waals surface area contributed by atoms with Gasteiger partial charge in [0.05, 0.1) is 12.7 Å². The number of nitrogens with two attached hydrogens (primary N) is 1. The van der Waals surface area contributed by atoms with E-state index in [2.05, 4.69) is 17.5 Å². The monoisotopic (exact) mass is 232 g/mol. The Kier molecular flexibility index (Phi) is 3.32. The van der Waals surface area contributed by atoms with Crippen LogP contribution in [0.15, 0.2) is 30.4 Å². The van der Waals surface area contributed by atoms with Gasteiger partial charge in [0.1, 0.15) is 5.75 Å². The van der Waals surface area contributed by atoms with Gasteiger partial charge in [-0.2, -0.15) is 0 Å². The number of hydrogen-bond acceptors (Lipinski definition) is 3. The number of anilines is 1. The zero-order chi connectivity index (χ0) is 12.3. The number of nitrogen functional groups attached to an aromatic ring is 1. The topological polar surface area (TPSA) is 64.3 Å². The van der Waals surface area contributed by atoms with Crippen LogP contribution in [0.1, 0.15) is 23.2 Å². The van der Waals surface area contributed by atoms with Gasteiger partial charge in [-0.15, -0.1) is 0 Å². The lowest BCUT2D eigenvalue weighted by Gasteiger charge is -2.14. The van der Waals surface area contributed by atoms with E-state index < -0.39 is 0 Å². The van der Waals surface area contributed by atoms with Crippen molar-refractivity contribution in [1.29, 1.82) is 0 Å². The Balaban J connectivity index is 2.14. The van der Waals surface area contributed by atoms with E-state index in [-0.39, 0.29) is 11.9 Å². The first kappa shape index (κ1) is 11.5. The molecular weight excluding hydrogens is 216 g/mol. The molecule has 3 N–H and O–H groups in total. The Morgan fingerprint density at radius 3 is 2.76 bits per heavy atom. The van der Waals surface area contributed by atoms with Gasteiger partial charge in [0.15, 0.2) is 0 Å². The molecule has 1 amide bonds. The summed E-state index contributed by atoms with van der Waals surface area (Å²) in [4.78, 5) is 12.1. The highest BCUT2D eigenvalue weighted by Gasteiger charge is 2.17. The average Bonchev–Trinajstić information content (AvgIpc) is 2.81. The number of carbonyl (C=O) groups is 1. The number of hydrogen-bond donors (Lipinski definition) is 2. The Bertz CT molecular complexity index is 447. The molecule has 4 nitrogen and oxygen atoms in total. The molecule has 0 aliphatic heterocycles. The molecule has 0 fully saturated rings. The highest BCUT2D eigenvalue weighted by Crippen LogP contribution is 2.21. The van der Waals surface area contributed by atoms with Gasteiger partial charge in [-0.05, 0) is 31.0 Å². The van der Waals surface area contributed by atoms with E-state index in [1.54, 1.807) is 25.3 Å². The first-order valence-corrected chi connectivity index (χ1v) is 5.60. The van der Waals surface area contributed by atoms with Gasteiger partial charge in [0, 0.05) is 11.7 Å². The molecule has 0 heterocycles. The fourth-order valence-corrected chi connectivity index (χ4v) is 1.90. The predicted molar refractivity (Wildman–Crippen MR) is 67.0 cm³/mol. The molecule has 2 rings (SSSR count). The van der Waals surface area contributed by atoms with Gasteiger partial charge in [0.2, 0.25) is 0 Å². The summed E-state index contributed by atoms with van der Waals surface area (Å²) in [5.74, 6) is 0.408. The van der Waals surface area contributed by atoms with Gasteiger partial charge in [-0.25, -0.2) is 0 Å². The molecule has 0 spiro atoms. The van der Waals surface area contributed by atoms with Crippen LogP contribution in [0.5, 0.6) is 5.75 Å². The van der Waals surface area contributed by atoms with E-state index >= 15 is 0 Å². The van der Waals surface area contributed by atoms with Crippen molar-refractivity contribution in [3.05, 3.63) is 35.9 Å². The largest absolute Gasteiger partial charge is 0.496 e. The summed E-state index contributed by atoms with van der Waals surface area (Å²) in [5.41, 5.74) is 6.72. The van der Waals surface area contributed by atoms with Crippen LogP contribution in [-0.4, -0.2) is 19.1 Å². The van der Waals surface area contributed by atoms with Crippen molar-refractivity contribution in [2.45, 2.75) is 18.9 Å². The van der Waals surface area contributed by atoms with Crippen molar-refractivity contribution in [2.75, 3.05) is 12.8 Å². The van der Waals surface area contributed by atoms with Gasteiger partial charge in [-0.3, -0.25) is 4.79 Å². The molecule has 4 heteroatoms. The number of nitrogens with one attached hydrogen (secondary N) is 1. The Hall–Kier alpha value is -1.97. The van der Waals surface area contributed by atoms with E-state index in [0.29, 0.717) is 17.0 Å². The minimum atomic E-state index is -0.136.